The average Bonchev–Trinajstić information content (AvgIpc) is 2.69. The van der Waals surface area contributed by atoms with Crippen molar-refractivity contribution < 1.29 is 13.6 Å². The molecule has 1 aliphatic rings. The molecule has 0 atom stereocenters. The van der Waals surface area contributed by atoms with Crippen molar-refractivity contribution in [3.63, 3.8) is 0 Å². The number of anilines is 1. The average molecular weight is 271 g/mol. The molecule has 0 spiro atoms. The first kappa shape index (κ1) is 12.5. The molecule has 0 fully saturated rings. The highest BCUT2D eigenvalue weighted by molar-refractivity contribution is 6.35. The number of hydrogen-bond acceptors (Lipinski definition) is 1. The van der Waals surface area contributed by atoms with Gasteiger partial charge in [0.1, 0.15) is 0 Å². The minimum absolute atomic E-state index is 0.157. The van der Waals surface area contributed by atoms with Gasteiger partial charge < -0.3 is 4.90 Å². The van der Waals surface area contributed by atoms with Gasteiger partial charge in [-0.2, -0.15) is 0 Å². The molecule has 1 aliphatic heterocycles. The van der Waals surface area contributed by atoms with Crippen LogP contribution in [0.25, 0.3) is 11.6 Å². The number of hydrogen-bond donors (Lipinski definition) is 0. The predicted molar refractivity (Wildman–Crippen MR) is 74.1 cm³/mol. The minimum Gasteiger partial charge on any atom is -0.311 e. The SMILES string of the molecule is CN1C(=O)/C(=C/c2ccc(F)c(F)c2)c2ccccc21. The zero-order valence-corrected chi connectivity index (χ0v) is 10.7. The summed E-state index contributed by atoms with van der Waals surface area (Å²) in [6, 6.07) is 10.9. The van der Waals surface area contributed by atoms with E-state index in [-0.39, 0.29) is 5.91 Å². The monoisotopic (exact) mass is 271 g/mol. The van der Waals surface area contributed by atoms with Crippen LogP contribution < -0.4 is 4.90 Å². The third kappa shape index (κ3) is 1.90. The van der Waals surface area contributed by atoms with Gasteiger partial charge >= 0.3 is 0 Å². The Kier molecular flexibility index (Phi) is 2.86. The van der Waals surface area contributed by atoms with E-state index in [1.807, 2.05) is 24.3 Å². The van der Waals surface area contributed by atoms with E-state index in [1.54, 1.807) is 18.0 Å². The van der Waals surface area contributed by atoms with Crippen LogP contribution in [0, 0.1) is 11.6 Å². The van der Waals surface area contributed by atoms with Crippen LogP contribution in [0.4, 0.5) is 14.5 Å². The Bertz CT molecular complexity index is 737. The largest absolute Gasteiger partial charge is 0.311 e. The minimum atomic E-state index is -0.925. The van der Waals surface area contributed by atoms with Crippen molar-refractivity contribution in [3.8, 4) is 0 Å². The number of carbonyl (C=O) groups is 1. The highest BCUT2D eigenvalue weighted by Crippen LogP contribution is 2.36. The number of para-hydroxylation sites is 1. The first-order chi connectivity index (χ1) is 9.58. The van der Waals surface area contributed by atoms with Gasteiger partial charge in [0, 0.05) is 18.2 Å². The Hall–Kier alpha value is -2.49. The lowest BCUT2D eigenvalue weighted by atomic mass is 10.0. The molecule has 0 bridgehead atoms. The van der Waals surface area contributed by atoms with Gasteiger partial charge in [-0.1, -0.05) is 24.3 Å². The van der Waals surface area contributed by atoms with Crippen molar-refractivity contribution in [2.45, 2.75) is 0 Å². The molecule has 2 aromatic rings. The summed E-state index contributed by atoms with van der Waals surface area (Å²) in [6.07, 6.45) is 1.58. The number of nitrogens with zero attached hydrogens (tertiary/aromatic N) is 1. The van der Waals surface area contributed by atoms with Gasteiger partial charge in [-0.25, -0.2) is 8.78 Å². The van der Waals surface area contributed by atoms with Crippen LogP contribution in [0.3, 0.4) is 0 Å². The lowest BCUT2D eigenvalue weighted by Crippen LogP contribution is -2.20. The van der Waals surface area contributed by atoms with Crippen LogP contribution in [-0.4, -0.2) is 13.0 Å². The van der Waals surface area contributed by atoms with Crippen molar-refractivity contribution in [2.75, 3.05) is 11.9 Å². The Morgan fingerprint density at radius 1 is 1.05 bits per heavy atom. The Morgan fingerprint density at radius 3 is 2.55 bits per heavy atom. The number of carbonyl (C=O) groups excluding carboxylic acids is 1. The third-order valence-corrected chi connectivity index (χ3v) is 3.35. The van der Waals surface area contributed by atoms with Crippen LogP contribution in [-0.2, 0) is 4.79 Å². The molecule has 3 rings (SSSR count). The molecule has 0 saturated carbocycles. The van der Waals surface area contributed by atoms with E-state index in [9.17, 15) is 13.6 Å². The van der Waals surface area contributed by atoms with E-state index in [2.05, 4.69) is 0 Å². The van der Waals surface area contributed by atoms with Gasteiger partial charge in [-0.3, -0.25) is 4.79 Å². The summed E-state index contributed by atoms with van der Waals surface area (Å²) < 4.78 is 26.1. The molecule has 20 heavy (non-hydrogen) atoms. The van der Waals surface area contributed by atoms with Crippen molar-refractivity contribution in [1.82, 2.24) is 0 Å². The molecule has 100 valence electrons. The van der Waals surface area contributed by atoms with E-state index in [0.29, 0.717) is 11.1 Å². The summed E-state index contributed by atoms with van der Waals surface area (Å²) in [5.41, 5.74) is 2.54. The highest BCUT2D eigenvalue weighted by atomic mass is 19.2. The standard InChI is InChI=1S/C16H11F2NO/c1-19-15-5-3-2-4-11(15)12(16(19)20)8-10-6-7-13(17)14(18)9-10/h2-9H,1H3/b12-8+. The van der Waals surface area contributed by atoms with Crippen molar-refractivity contribution >= 4 is 23.2 Å². The molecular weight excluding hydrogens is 260 g/mol. The first-order valence-electron chi connectivity index (χ1n) is 6.12. The molecule has 0 saturated heterocycles. The van der Waals surface area contributed by atoms with Crippen LogP contribution in [0.5, 0.6) is 0 Å². The molecular formula is C16H11F2NO. The summed E-state index contributed by atoms with van der Waals surface area (Å²) in [5, 5.41) is 0. The second-order valence-corrected chi connectivity index (χ2v) is 4.61. The smallest absolute Gasteiger partial charge is 0.258 e. The fourth-order valence-corrected chi connectivity index (χ4v) is 2.31. The fraction of sp³-hybridized carbons (Fsp3) is 0.0625. The van der Waals surface area contributed by atoms with E-state index in [0.717, 1.165) is 23.4 Å². The number of rotatable bonds is 1. The molecule has 0 N–H and O–H groups in total. The number of amides is 1. The fourth-order valence-electron chi connectivity index (χ4n) is 2.31. The molecule has 1 heterocycles. The van der Waals surface area contributed by atoms with Gasteiger partial charge in [0.05, 0.1) is 5.69 Å². The normalized spacial score (nSPS) is 15.8. The summed E-state index contributed by atoms with van der Waals surface area (Å²) in [4.78, 5) is 13.8. The quantitative estimate of drug-likeness (QED) is 0.727. The molecule has 0 aliphatic carbocycles. The summed E-state index contributed by atoms with van der Waals surface area (Å²) in [5.74, 6) is -1.98. The van der Waals surface area contributed by atoms with Gasteiger partial charge in [-0.15, -0.1) is 0 Å². The van der Waals surface area contributed by atoms with Gasteiger partial charge in [0.15, 0.2) is 11.6 Å². The number of benzene rings is 2. The number of fused-ring (bicyclic) bond motifs is 1. The molecule has 0 aromatic heterocycles. The lowest BCUT2D eigenvalue weighted by molar-refractivity contribution is -0.112. The van der Waals surface area contributed by atoms with Crippen LogP contribution in [0.15, 0.2) is 42.5 Å². The maximum atomic E-state index is 13.2. The van der Waals surface area contributed by atoms with E-state index in [4.69, 9.17) is 0 Å². The number of halogens is 2. The lowest BCUT2D eigenvalue weighted by Gasteiger charge is -2.07. The zero-order chi connectivity index (χ0) is 14.3. The zero-order valence-electron chi connectivity index (χ0n) is 10.7. The Morgan fingerprint density at radius 2 is 1.80 bits per heavy atom. The van der Waals surface area contributed by atoms with E-state index in [1.165, 1.54) is 6.07 Å². The molecule has 0 unspecified atom stereocenters. The molecule has 1 amide bonds. The molecule has 0 radical (unpaired) electrons. The molecule has 2 aromatic carbocycles. The predicted octanol–water partition coefficient (Wildman–Crippen LogP) is 3.48. The Balaban J connectivity index is 2.12. The van der Waals surface area contributed by atoms with Crippen molar-refractivity contribution in [2.24, 2.45) is 0 Å². The molecule has 4 heteroatoms. The Labute approximate surface area is 115 Å². The summed E-state index contributed by atoms with van der Waals surface area (Å²) in [6.45, 7) is 0. The van der Waals surface area contributed by atoms with Gasteiger partial charge in [-0.05, 0) is 29.8 Å². The molecule has 2 nitrogen and oxygen atoms in total. The van der Waals surface area contributed by atoms with E-state index >= 15 is 0 Å². The van der Waals surface area contributed by atoms with Crippen LogP contribution in [0.2, 0.25) is 0 Å². The summed E-state index contributed by atoms with van der Waals surface area (Å²) >= 11 is 0. The van der Waals surface area contributed by atoms with Crippen molar-refractivity contribution in [1.29, 1.82) is 0 Å². The van der Waals surface area contributed by atoms with Crippen molar-refractivity contribution in [3.05, 3.63) is 65.2 Å². The topological polar surface area (TPSA) is 20.3 Å². The van der Waals surface area contributed by atoms with Crippen LogP contribution in [0.1, 0.15) is 11.1 Å². The number of likely N-dealkylation sites (N-methyl/N-ethyl adjacent to an activating group) is 1. The van der Waals surface area contributed by atoms with Crippen LogP contribution >= 0.6 is 0 Å². The highest BCUT2D eigenvalue weighted by Gasteiger charge is 2.28. The maximum absolute atomic E-state index is 13.2. The second-order valence-electron chi connectivity index (χ2n) is 4.61. The third-order valence-electron chi connectivity index (χ3n) is 3.35. The maximum Gasteiger partial charge on any atom is 0.258 e. The van der Waals surface area contributed by atoms with E-state index < -0.39 is 11.6 Å². The summed E-state index contributed by atoms with van der Waals surface area (Å²) in [7, 11) is 1.69. The van der Waals surface area contributed by atoms with Gasteiger partial charge in [0.2, 0.25) is 0 Å². The second kappa shape index (κ2) is 4.56. The first-order valence-corrected chi connectivity index (χ1v) is 6.12. The van der Waals surface area contributed by atoms with Gasteiger partial charge in [0.25, 0.3) is 5.91 Å².